The fraction of sp³-hybridized carbons (Fsp3) is 0.556. The summed E-state index contributed by atoms with van der Waals surface area (Å²) in [4.78, 5) is 29.3. The van der Waals surface area contributed by atoms with Gasteiger partial charge in [0, 0.05) is 29.8 Å². The Labute approximate surface area is 141 Å². The second-order valence-corrected chi connectivity index (χ2v) is 8.18. The maximum atomic E-state index is 13.4. The van der Waals surface area contributed by atoms with Crippen LogP contribution in [-0.2, 0) is 14.5 Å². The number of anilines is 1. The van der Waals surface area contributed by atoms with Crippen LogP contribution in [0.4, 0.5) is 5.69 Å². The molecule has 0 N–H and O–H groups in total. The van der Waals surface area contributed by atoms with Crippen molar-refractivity contribution in [2.75, 3.05) is 17.2 Å². The normalized spacial score (nSPS) is 27.0. The zero-order valence-electron chi connectivity index (χ0n) is 13.6. The van der Waals surface area contributed by atoms with E-state index in [-0.39, 0.29) is 23.8 Å². The zero-order valence-corrected chi connectivity index (χ0v) is 14.4. The van der Waals surface area contributed by atoms with Crippen molar-refractivity contribution in [2.45, 2.75) is 44.0 Å². The van der Waals surface area contributed by atoms with Crippen molar-refractivity contribution in [3.63, 3.8) is 0 Å². The average Bonchev–Trinajstić information content (AvgIpc) is 3.00. The Morgan fingerprint density at radius 1 is 1.30 bits per heavy atom. The molecule has 1 saturated carbocycles. The summed E-state index contributed by atoms with van der Waals surface area (Å²) in [5, 5.41) is 0. The van der Waals surface area contributed by atoms with Crippen LogP contribution in [0.25, 0.3) is 0 Å². The summed E-state index contributed by atoms with van der Waals surface area (Å²) in [7, 11) is 0. The quantitative estimate of drug-likeness (QED) is 0.837. The Bertz CT molecular complexity index is 671. The number of carbonyl (C=O) groups excluding carboxylic acids is 2. The SMILES string of the molecule is CC(C)N1C(=O)C2(SCCN2C(=O)C2CCC2)c2ccccc21. The van der Waals surface area contributed by atoms with Gasteiger partial charge < -0.3 is 9.80 Å². The summed E-state index contributed by atoms with van der Waals surface area (Å²) in [6.45, 7) is 4.74. The van der Waals surface area contributed by atoms with Crippen LogP contribution in [0.15, 0.2) is 24.3 Å². The predicted molar refractivity (Wildman–Crippen MR) is 92.3 cm³/mol. The second kappa shape index (κ2) is 5.26. The topological polar surface area (TPSA) is 40.6 Å². The van der Waals surface area contributed by atoms with Gasteiger partial charge in [-0.1, -0.05) is 24.6 Å². The summed E-state index contributed by atoms with van der Waals surface area (Å²) < 4.78 is 0. The molecule has 1 spiro atoms. The number of benzene rings is 1. The summed E-state index contributed by atoms with van der Waals surface area (Å²) in [5.41, 5.74) is 1.96. The van der Waals surface area contributed by atoms with E-state index in [0.29, 0.717) is 6.54 Å². The molecular weight excluding hydrogens is 308 g/mol. The first kappa shape index (κ1) is 15.1. The number of fused-ring (bicyclic) bond motifs is 2. The highest BCUT2D eigenvalue weighted by atomic mass is 32.2. The highest BCUT2D eigenvalue weighted by molar-refractivity contribution is 8.01. The fourth-order valence-electron chi connectivity index (χ4n) is 3.93. The Hall–Kier alpha value is -1.49. The molecule has 2 amide bonds. The lowest BCUT2D eigenvalue weighted by atomic mass is 9.84. The number of thioether (sulfide) groups is 1. The molecule has 23 heavy (non-hydrogen) atoms. The number of carbonyl (C=O) groups is 2. The molecule has 2 fully saturated rings. The largest absolute Gasteiger partial charge is 0.315 e. The zero-order chi connectivity index (χ0) is 16.2. The third-order valence-electron chi connectivity index (χ3n) is 5.28. The third-order valence-corrected chi connectivity index (χ3v) is 6.70. The van der Waals surface area contributed by atoms with Crippen molar-refractivity contribution in [3.05, 3.63) is 29.8 Å². The van der Waals surface area contributed by atoms with Gasteiger partial charge in [0.2, 0.25) is 5.91 Å². The maximum Gasteiger partial charge on any atom is 0.268 e. The molecule has 1 saturated heterocycles. The molecule has 1 unspecified atom stereocenters. The molecule has 0 radical (unpaired) electrons. The Morgan fingerprint density at radius 3 is 2.70 bits per heavy atom. The number of para-hydroxylation sites is 1. The van der Waals surface area contributed by atoms with E-state index in [9.17, 15) is 9.59 Å². The van der Waals surface area contributed by atoms with Gasteiger partial charge in [0.15, 0.2) is 4.87 Å². The van der Waals surface area contributed by atoms with Gasteiger partial charge in [-0.3, -0.25) is 9.59 Å². The van der Waals surface area contributed by atoms with Crippen LogP contribution in [0.2, 0.25) is 0 Å². The molecule has 0 aromatic heterocycles. The predicted octanol–water partition coefficient (Wildman–Crippen LogP) is 2.97. The number of nitrogens with zero attached hydrogens (tertiary/aromatic N) is 2. The highest BCUT2D eigenvalue weighted by Crippen LogP contribution is 2.55. The maximum absolute atomic E-state index is 13.4. The van der Waals surface area contributed by atoms with E-state index < -0.39 is 4.87 Å². The van der Waals surface area contributed by atoms with E-state index in [1.165, 1.54) is 0 Å². The van der Waals surface area contributed by atoms with Crippen LogP contribution in [0.3, 0.4) is 0 Å². The third kappa shape index (κ3) is 1.92. The Balaban J connectivity index is 1.82. The first-order valence-electron chi connectivity index (χ1n) is 8.46. The van der Waals surface area contributed by atoms with Gasteiger partial charge >= 0.3 is 0 Å². The van der Waals surface area contributed by atoms with E-state index >= 15 is 0 Å². The van der Waals surface area contributed by atoms with Crippen LogP contribution < -0.4 is 4.90 Å². The minimum Gasteiger partial charge on any atom is -0.315 e. The monoisotopic (exact) mass is 330 g/mol. The molecule has 3 aliphatic rings. The first-order chi connectivity index (χ1) is 11.1. The van der Waals surface area contributed by atoms with Crippen molar-refractivity contribution in [1.82, 2.24) is 4.90 Å². The average molecular weight is 330 g/mol. The van der Waals surface area contributed by atoms with Crippen molar-refractivity contribution in [2.24, 2.45) is 5.92 Å². The number of hydrogen-bond donors (Lipinski definition) is 0. The van der Waals surface area contributed by atoms with Crippen LogP contribution in [0.1, 0.15) is 38.7 Å². The van der Waals surface area contributed by atoms with Gasteiger partial charge in [-0.15, -0.1) is 11.8 Å². The lowest BCUT2D eigenvalue weighted by Gasteiger charge is -2.38. The highest BCUT2D eigenvalue weighted by Gasteiger charge is 2.60. The molecule has 0 bridgehead atoms. The van der Waals surface area contributed by atoms with E-state index in [0.717, 1.165) is 36.3 Å². The molecule has 1 aliphatic carbocycles. The van der Waals surface area contributed by atoms with Gasteiger partial charge in [0.25, 0.3) is 5.91 Å². The summed E-state index contributed by atoms with van der Waals surface area (Å²) in [5.74, 6) is 1.18. The van der Waals surface area contributed by atoms with Crippen molar-refractivity contribution >= 4 is 29.3 Å². The van der Waals surface area contributed by atoms with Crippen LogP contribution in [0, 0.1) is 5.92 Å². The molecule has 2 aliphatic heterocycles. The first-order valence-corrected chi connectivity index (χ1v) is 9.44. The van der Waals surface area contributed by atoms with Gasteiger partial charge in [-0.05, 0) is 32.8 Å². The second-order valence-electron chi connectivity index (χ2n) is 6.90. The summed E-state index contributed by atoms with van der Waals surface area (Å²) in [6, 6.07) is 8.06. The fourth-order valence-corrected chi connectivity index (χ4v) is 5.39. The smallest absolute Gasteiger partial charge is 0.268 e. The number of hydrogen-bond acceptors (Lipinski definition) is 3. The Kier molecular flexibility index (Phi) is 3.45. The number of rotatable bonds is 2. The standard InChI is InChI=1S/C18H22N2O2S/c1-12(2)20-15-9-4-3-8-14(15)18(17(20)22)19(10-11-23-18)16(21)13-6-5-7-13/h3-4,8-9,12-13H,5-7,10-11H2,1-2H3. The minimum atomic E-state index is -0.826. The van der Waals surface area contributed by atoms with Gasteiger partial charge in [0.05, 0.1) is 5.69 Å². The van der Waals surface area contributed by atoms with Gasteiger partial charge in [-0.25, -0.2) is 0 Å². The minimum absolute atomic E-state index is 0.0591. The van der Waals surface area contributed by atoms with Gasteiger partial charge in [0.1, 0.15) is 0 Å². The molecule has 1 aromatic rings. The van der Waals surface area contributed by atoms with E-state index in [1.54, 1.807) is 11.8 Å². The van der Waals surface area contributed by atoms with Gasteiger partial charge in [-0.2, -0.15) is 0 Å². The van der Waals surface area contributed by atoms with Crippen molar-refractivity contribution < 1.29 is 9.59 Å². The van der Waals surface area contributed by atoms with E-state index in [4.69, 9.17) is 0 Å². The van der Waals surface area contributed by atoms with Crippen LogP contribution in [0.5, 0.6) is 0 Å². The summed E-state index contributed by atoms with van der Waals surface area (Å²) in [6.07, 6.45) is 3.08. The van der Waals surface area contributed by atoms with Crippen molar-refractivity contribution in [3.8, 4) is 0 Å². The van der Waals surface area contributed by atoms with Crippen LogP contribution in [-0.4, -0.2) is 35.1 Å². The lowest BCUT2D eigenvalue weighted by Crippen LogP contribution is -2.53. The molecule has 4 nitrogen and oxygen atoms in total. The molecule has 1 atom stereocenters. The Morgan fingerprint density at radius 2 is 2.04 bits per heavy atom. The molecule has 2 heterocycles. The van der Waals surface area contributed by atoms with Crippen LogP contribution >= 0.6 is 11.8 Å². The molecule has 122 valence electrons. The summed E-state index contributed by atoms with van der Waals surface area (Å²) >= 11 is 1.63. The molecule has 1 aromatic carbocycles. The number of amides is 2. The molecule has 4 rings (SSSR count). The van der Waals surface area contributed by atoms with Crippen molar-refractivity contribution in [1.29, 1.82) is 0 Å². The molecular formula is C18H22N2O2S. The lowest BCUT2D eigenvalue weighted by molar-refractivity contribution is -0.145. The van der Waals surface area contributed by atoms with E-state index in [2.05, 4.69) is 0 Å². The molecule has 5 heteroatoms. The van der Waals surface area contributed by atoms with E-state index in [1.807, 2.05) is 47.9 Å².